The second-order valence-electron chi connectivity index (χ2n) is 8.26. The number of rotatable bonds is 5. The third-order valence-electron chi connectivity index (χ3n) is 6.43. The number of benzene rings is 1. The van der Waals surface area contributed by atoms with Crippen LogP contribution in [0.4, 0.5) is 5.82 Å². The van der Waals surface area contributed by atoms with Crippen LogP contribution < -0.4 is 14.8 Å². The smallest absolute Gasteiger partial charge is 0.153 e. The molecule has 1 aromatic carbocycles. The molecule has 31 heavy (non-hydrogen) atoms. The molecule has 0 amide bonds. The van der Waals surface area contributed by atoms with Crippen LogP contribution in [0.5, 0.6) is 11.5 Å². The fraction of sp³-hybridized carbons (Fsp3) is 0.391. The Bertz CT molecular complexity index is 1250. The number of imidazole rings is 1. The van der Waals surface area contributed by atoms with Gasteiger partial charge >= 0.3 is 0 Å². The second-order valence-corrected chi connectivity index (χ2v) is 9.31. The van der Waals surface area contributed by atoms with E-state index in [2.05, 4.69) is 21.5 Å². The van der Waals surface area contributed by atoms with Crippen molar-refractivity contribution >= 4 is 32.9 Å². The molecule has 0 aliphatic heterocycles. The van der Waals surface area contributed by atoms with E-state index in [1.54, 1.807) is 36.3 Å². The number of nitrogens with one attached hydrogen (secondary N) is 1. The number of nitrogens with zero attached hydrogens (tertiary/aromatic N) is 3. The molecule has 2 unspecified atom stereocenters. The molecule has 3 heterocycles. The van der Waals surface area contributed by atoms with Crippen molar-refractivity contribution in [2.75, 3.05) is 19.5 Å². The summed E-state index contributed by atoms with van der Waals surface area (Å²) in [7, 11) is 3.35. The van der Waals surface area contributed by atoms with E-state index >= 15 is 0 Å². The van der Waals surface area contributed by atoms with Crippen molar-refractivity contribution < 1.29 is 14.6 Å². The molecule has 5 rings (SSSR count). The fourth-order valence-electron chi connectivity index (χ4n) is 4.79. The number of methoxy groups -OCH3 is 2. The molecule has 1 fully saturated rings. The van der Waals surface area contributed by atoms with Crippen LogP contribution in [0.2, 0.25) is 0 Å². The van der Waals surface area contributed by atoms with E-state index in [1.165, 1.54) is 0 Å². The summed E-state index contributed by atoms with van der Waals surface area (Å²) in [5.74, 6) is 2.19. The highest BCUT2D eigenvalue weighted by Crippen LogP contribution is 2.55. The first-order chi connectivity index (χ1) is 15.0. The van der Waals surface area contributed by atoms with Gasteiger partial charge < -0.3 is 19.9 Å². The first kappa shape index (κ1) is 20.1. The van der Waals surface area contributed by atoms with E-state index in [9.17, 15) is 5.11 Å². The Balaban J connectivity index is 1.73. The van der Waals surface area contributed by atoms with Gasteiger partial charge in [-0.25, -0.2) is 9.50 Å². The summed E-state index contributed by atoms with van der Waals surface area (Å²) in [6.07, 6.45) is 6.94. The lowest BCUT2D eigenvalue weighted by atomic mass is 9.69. The van der Waals surface area contributed by atoms with Crippen LogP contribution in [0, 0.1) is 0 Å². The van der Waals surface area contributed by atoms with Gasteiger partial charge in [0.1, 0.15) is 22.9 Å². The summed E-state index contributed by atoms with van der Waals surface area (Å²) in [6, 6.07) is 9.82. The molecule has 0 bridgehead atoms. The van der Waals surface area contributed by atoms with Crippen LogP contribution in [-0.4, -0.2) is 39.5 Å². The summed E-state index contributed by atoms with van der Waals surface area (Å²) < 4.78 is 14.4. The maximum Gasteiger partial charge on any atom is 0.153 e. The average molecular weight is 439 g/mol. The normalized spacial score (nSPS) is 23.9. The molecule has 0 radical (unpaired) electrons. The number of fused-ring (bicyclic) bond motifs is 2. The monoisotopic (exact) mass is 438 g/mol. The molecular weight excluding hydrogens is 412 g/mol. The molecular formula is C23H26N4O3S. The molecule has 2 N–H and O–H groups in total. The van der Waals surface area contributed by atoms with Gasteiger partial charge in [-0.1, -0.05) is 18.9 Å². The predicted octanol–water partition coefficient (Wildman–Crippen LogP) is 4.59. The Morgan fingerprint density at radius 1 is 1.13 bits per heavy atom. The van der Waals surface area contributed by atoms with Gasteiger partial charge in [0, 0.05) is 17.1 Å². The van der Waals surface area contributed by atoms with Crippen molar-refractivity contribution in [1.82, 2.24) is 14.6 Å². The van der Waals surface area contributed by atoms with Crippen molar-refractivity contribution in [3.05, 3.63) is 47.6 Å². The lowest BCUT2D eigenvalue weighted by Crippen LogP contribution is -2.56. The zero-order chi connectivity index (χ0) is 21.6. The second kappa shape index (κ2) is 7.39. The summed E-state index contributed by atoms with van der Waals surface area (Å²) in [5, 5.41) is 21.0. The summed E-state index contributed by atoms with van der Waals surface area (Å²) in [6.45, 7) is 1.91. The summed E-state index contributed by atoms with van der Waals surface area (Å²) in [4.78, 5) is 5.24. The Morgan fingerprint density at radius 2 is 1.97 bits per heavy atom. The van der Waals surface area contributed by atoms with Gasteiger partial charge in [-0.05, 0) is 44.0 Å². The molecule has 0 spiro atoms. The highest BCUT2D eigenvalue weighted by atomic mass is 32.1. The van der Waals surface area contributed by atoms with Gasteiger partial charge in [0.2, 0.25) is 0 Å². The zero-order valence-electron chi connectivity index (χ0n) is 17.9. The van der Waals surface area contributed by atoms with Crippen molar-refractivity contribution in [2.45, 2.75) is 43.7 Å². The Morgan fingerprint density at radius 3 is 2.74 bits per heavy atom. The number of aliphatic hydroxyl groups is 1. The van der Waals surface area contributed by atoms with Gasteiger partial charge in [0.05, 0.1) is 30.1 Å². The molecule has 1 saturated carbocycles. The zero-order valence-corrected chi connectivity index (χ0v) is 18.7. The Kier molecular flexibility index (Phi) is 4.79. The molecule has 1 aliphatic rings. The molecule has 2 atom stereocenters. The van der Waals surface area contributed by atoms with Crippen molar-refractivity contribution in [1.29, 1.82) is 0 Å². The molecule has 3 aromatic heterocycles. The van der Waals surface area contributed by atoms with Crippen LogP contribution in [0.3, 0.4) is 0 Å². The SMILES string of the molecule is COc1cccc2sc(C3(Nc4ccc5nccn5n4)CCCCC3(C)O)c(OC)c12. The average Bonchev–Trinajstić information content (AvgIpc) is 3.39. The van der Waals surface area contributed by atoms with E-state index in [4.69, 9.17) is 9.47 Å². The first-order valence-electron chi connectivity index (χ1n) is 10.4. The number of aromatic nitrogens is 3. The molecule has 1 aliphatic carbocycles. The highest BCUT2D eigenvalue weighted by molar-refractivity contribution is 7.19. The van der Waals surface area contributed by atoms with E-state index in [0.29, 0.717) is 12.2 Å². The van der Waals surface area contributed by atoms with Crippen molar-refractivity contribution in [3.63, 3.8) is 0 Å². The minimum Gasteiger partial charge on any atom is -0.496 e. The lowest BCUT2D eigenvalue weighted by Gasteiger charge is -2.49. The molecule has 162 valence electrons. The largest absolute Gasteiger partial charge is 0.496 e. The first-order valence-corrected chi connectivity index (χ1v) is 11.3. The van der Waals surface area contributed by atoms with E-state index < -0.39 is 11.1 Å². The van der Waals surface area contributed by atoms with Gasteiger partial charge in [-0.2, -0.15) is 0 Å². The van der Waals surface area contributed by atoms with Gasteiger partial charge in [0.15, 0.2) is 5.65 Å². The van der Waals surface area contributed by atoms with Gasteiger partial charge in [0.25, 0.3) is 0 Å². The number of anilines is 1. The number of thiophene rings is 1. The van der Waals surface area contributed by atoms with Crippen LogP contribution in [0.1, 0.15) is 37.5 Å². The van der Waals surface area contributed by atoms with Crippen LogP contribution in [0.25, 0.3) is 15.7 Å². The standard InChI is InChI=1S/C23H26N4O3S/c1-22(28)11-4-5-12-23(22,25-17-9-10-18-24-13-14-27(18)26-17)21-20(30-3)19-15(29-2)7-6-8-16(19)31-21/h6-10,13-14,28H,4-5,11-12H2,1-3H3,(H,25,26). The van der Waals surface area contributed by atoms with Crippen LogP contribution >= 0.6 is 11.3 Å². The third-order valence-corrected chi connectivity index (χ3v) is 7.72. The van der Waals surface area contributed by atoms with E-state index in [0.717, 1.165) is 51.4 Å². The van der Waals surface area contributed by atoms with Crippen LogP contribution in [0.15, 0.2) is 42.7 Å². The van der Waals surface area contributed by atoms with E-state index in [1.807, 2.05) is 37.4 Å². The Labute approximate surface area is 184 Å². The topological polar surface area (TPSA) is 80.9 Å². The minimum absolute atomic E-state index is 0.680. The molecule has 8 heteroatoms. The lowest BCUT2D eigenvalue weighted by molar-refractivity contribution is -0.0420. The van der Waals surface area contributed by atoms with Gasteiger partial charge in [-0.3, -0.25) is 0 Å². The minimum atomic E-state index is -1.00. The predicted molar refractivity (Wildman–Crippen MR) is 122 cm³/mol. The fourth-order valence-corrected chi connectivity index (χ4v) is 6.28. The Hall–Kier alpha value is -2.84. The molecule has 4 aromatic rings. The quantitative estimate of drug-likeness (QED) is 0.474. The third kappa shape index (κ3) is 3.04. The maximum atomic E-state index is 11.8. The van der Waals surface area contributed by atoms with Gasteiger partial charge in [-0.15, -0.1) is 16.4 Å². The van der Waals surface area contributed by atoms with Crippen molar-refractivity contribution in [2.24, 2.45) is 0 Å². The van der Waals surface area contributed by atoms with E-state index in [-0.39, 0.29) is 0 Å². The summed E-state index contributed by atoms with van der Waals surface area (Å²) in [5.41, 5.74) is -0.982. The maximum absolute atomic E-state index is 11.8. The number of hydrogen-bond acceptors (Lipinski definition) is 7. The van der Waals surface area contributed by atoms with Crippen LogP contribution in [-0.2, 0) is 5.54 Å². The molecule has 0 saturated heterocycles. The summed E-state index contributed by atoms with van der Waals surface area (Å²) >= 11 is 1.64. The molecule has 7 nitrogen and oxygen atoms in total. The number of ether oxygens (including phenoxy) is 2. The highest BCUT2D eigenvalue weighted by Gasteiger charge is 2.53. The number of hydrogen-bond donors (Lipinski definition) is 2. The van der Waals surface area contributed by atoms with Crippen molar-refractivity contribution in [3.8, 4) is 11.5 Å².